The van der Waals surface area contributed by atoms with E-state index in [0.29, 0.717) is 17.9 Å². The van der Waals surface area contributed by atoms with Crippen molar-refractivity contribution in [3.05, 3.63) is 53.3 Å². The number of methoxy groups -OCH3 is 1. The molecule has 2 aliphatic rings. The van der Waals surface area contributed by atoms with Crippen LogP contribution in [0.5, 0.6) is 5.75 Å². The Morgan fingerprint density at radius 1 is 1.03 bits per heavy atom. The molecule has 0 amide bonds. The predicted molar refractivity (Wildman–Crippen MR) is 112 cm³/mol. The maximum Gasteiger partial charge on any atom is 0.139 e. The van der Waals surface area contributed by atoms with Crippen molar-refractivity contribution in [1.29, 1.82) is 0 Å². The third kappa shape index (κ3) is 3.79. The van der Waals surface area contributed by atoms with Gasteiger partial charge in [-0.2, -0.15) is 0 Å². The maximum atomic E-state index is 14.3. The van der Waals surface area contributed by atoms with Crippen LogP contribution in [-0.2, 0) is 13.1 Å². The van der Waals surface area contributed by atoms with Crippen LogP contribution in [0, 0.1) is 11.2 Å². The van der Waals surface area contributed by atoms with Gasteiger partial charge in [0.05, 0.1) is 7.11 Å². The fourth-order valence-corrected chi connectivity index (χ4v) is 5.21. The van der Waals surface area contributed by atoms with Gasteiger partial charge in [0.1, 0.15) is 22.6 Å². The zero-order valence-corrected chi connectivity index (χ0v) is 17.3. The molecule has 1 spiro atoms. The lowest BCUT2D eigenvalue weighted by Crippen LogP contribution is -2.44. The maximum absolute atomic E-state index is 14.3. The number of ether oxygens (including phenoxy) is 1. The lowest BCUT2D eigenvalue weighted by atomic mass is 9.79. The van der Waals surface area contributed by atoms with Gasteiger partial charge in [-0.15, -0.1) is 0 Å². The normalized spacial score (nSPS) is 22.9. The third-order valence-corrected chi connectivity index (χ3v) is 6.67. The molecule has 0 aliphatic carbocycles. The van der Waals surface area contributed by atoms with Crippen LogP contribution in [0.1, 0.15) is 30.4 Å². The van der Waals surface area contributed by atoms with E-state index in [-0.39, 0.29) is 11.2 Å². The van der Waals surface area contributed by atoms with Crippen LogP contribution in [0.25, 0.3) is 11.0 Å². The summed E-state index contributed by atoms with van der Waals surface area (Å²) in [7, 11) is 1.62. The molecule has 0 bridgehead atoms. The monoisotopic (exact) mass is 410 g/mol. The molecule has 0 saturated carbocycles. The van der Waals surface area contributed by atoms with E-state index in [0.717, 1.165) is 55.7 Å². The fraction of sp³-hybridized carbons (Fsp3) is 0.478. The molecule has 0 radical (unpaired) electrons. The number of nitrogens with zero attached hydrogens (tertiary/aromatic N) is 4. The van der Waals surface area contributed by atoms with Gasteiger partial charge in [-0.3, -0.25) is 9.80 Å². The first-order valence-corrected chi connectivity index (χ1v) is 10.6. The van der Waals surface area contributed by atoms with Crippen LogP contribution in [0.15, 0.2) is 41.0 Å². The topological polar surface area (TPSA) is 54.6 Å². The first-order chi connectivity index (χ1) is 14.6. The Labute approximate surface area is 175 Å². The van der Waals surface area contributed by atoms with Crippen LogP contribution in [0.2, 0.25) is 0 Å². The molecule has 1 atom stereocenters. The molecular formula is C23H27FN4O2. The van der Waals surface area contributed by atoms with Gasteiger partial charge in [-0.1, -0.05) is 12.1 Å². The molecule has 5 rings (SSSR count). The highest BCUT2D eigenvalue weighted by Crippen LogP contribution is 2.40. The van der Waals surface area contributed by atoms with Crippen LogP contribution in [-0.4, -0.2) is 53.4 Å². The zero-order chi connectivity index (χ0) is 20.6. The summed E-state index contributed by atoms with van der Waals surface area (Å²) < 4.78 is 24.5. The molecule has 158 valence electrons. The van der Waals surface area contributed by atoms with Gasteiger partial charge < -0.3 is 4.74 Å². The number of benzene rings is 2. The number of aromatic nitrogens is 2. The van der Waals surface area contributed by atoms with Crippen molar-refractivity contribution in [1.82, 2.24) is 20.1 Å². The molecule has 0 N–H and O–H groups in total. The quantitative estimate of drug-likeness (QED) is 0.637. The summed E-state index contributed by atoms with van der Waals surface area (Å²) in [6.07, 6.45) is 3.57. The summed E-state index contributed by atoms with van der Waals surface area (Å²) in [5.41, 5.74) is 3.83. The van der Waals surface area contributed by atoms with Crippen molar-refractivity contribution in [3.8, 4) is 5.75 Å². The van der Waals surface area contributed by atoms with E-state index in [9.17, 15) is 4.39 Å². The fourth-order valence-electron chi connectivity index (χ4n) is 5.21. The molecule has 6 nitrogen and oxygen atoms in total. The van der Waals surface area contributed by atoms with Crippen molar-refractivity contribution < 1.29 is 13.8 Å². The van der Waals surface area contributed by atoms with E-state index < -0.39 is 0 Å². The minimum Gasteiger partial charge on any atom is -0.497 e. The minimum absolute atomic E-state index is 0.155. The number of fused-ring (bicyclic) bond motifs is 1. The highest BCUT2D eigenvalue weighted by molar-refractivity contribution is 5.76. The average Bonchev–Trinajstić information content (AvgIpc) is 3.38. The standard InChI is InChI=1S/C23H27FN4O2/c1-29-19-6-7-20(24)18(12-19)14-27-10-3-8-23(15-27)9-11-28(16-23)13-17-4-2-5-21-22(17)26-30-25-21/h2,4-7,12H,3,8-11,13-16H2,1H3. The van der Waals surface area contributed by atoms with E-state index in [2.05, 4.69) is 26.2 Å². The van der Waals surface area contributed by atoms with E-state index in [1.165, 1.54) is 18.9 Å². The number of halogens is 1. The van der Waals surface area contributed by atoms with Crippen molar-refractivity contribution >= 4 is 11.0 Å². The molecule has 1 unspecified atom stereocenters. The van der Waals surface area contributed by atoms with Crippen LogP contribution in [0.3, 0.4) is 0 Å². The Hall–Kier alpha value is -2.51. The van der Waals surface area contributed by atoms with E-state index in [4.69, 9.17) is 9.37 Å². The second-order valence-corrected chi connectivity index (χ2v) is 8.78. The number of hydrogen-bond acceptors (Lipinski definition) is 6. The van der Waals surface area contributed by atoms with Crippen molar-refractivity contribution in [2.75, 3.05) is 33.3 Å². The average molecular weight is 410 g/mol. The van der Waals surface area contributed by atoms with Crippen molar-refractivity contribution in [3.63, 3.8) is 0 Å². The minimum atomic E-state index is -0.155. The Kier molecular flexibility index (Phi) is 5.16. The molecular weight excluding hydrogens is 383 g/mol. The third-order valence-electron chi connectivity index (χ3n) is 6.67. The number of likely N-dealkylation sites (tertiary alicyclic amines) is 2. The lowest BCUT2D eigenvalue weighted by molar-refractivity contribution is 0.0858. The summed E-state index contributed by atoms with van der Waals surface area (Å²) >= 11 is 0. The Morgan fingerprint density at radius 2 is 1.87 bits per heavy atom. The SMILES string of the molecule is COc1ccc(F)c(CN2CCCC3(CCN(Cc4cccc5nonc45)C3)C2)c1. The van der Waals surface area contributed by atoms with Gasteiger partial charge in [0.25, 0.3) is 0 Å². The summed E-state index contributed by atoms with van der Waals surface area (Å²) in [6.45, 7) is 5.65. The molecule has 2 aromatic carbocycles. The second-order valence-electron chi connectivity index (χ2n) is 8.78. The highest BCUT2D eigenvalue weighted by Gasteiger charge is 2.41. The summed E-state index contributed by atoms with van der Waals surface area (Å²) in [5.74, 6) is 0.555. The molecule has 2 aliphatic heterocycles. The van der Waals surface area contributed by atoms with Gasteiger partial charge in [0.2, 0.25) is 0 Å². The van der Waals surface area contributed by atoms with E-state index >= 15 is 0 Å². The smallest absolute Gasteiger partial charge is 0.139 e. The molecule has 1 aromatic heterocycles. The molecule has 2 fully saturated rings. The molecule has 7 heteroatoms. The number of rotatable bonds is 5. The molecule has 3 aromatic rings. The Balaban J connectivity index is 1.26. The zero-order valence-electron chi connectivity index (χ0n) is 17.3. The summed E-state index contributed by atoms with van der Waals surface area (Å²) in [6, 6.07) is 11.1. The Morgan fingerprint density at radius 3 is 2.73 bits per heavy atom. The lowest BCUT2D eigenvalue weighted by Gasteiger charge is -2.40. The van der Waals surface area contributed by atoms with Gasteiger partial charge in [-0.05, 0) is 77.9 Å². The van der Waals surface area contributed by atoms with Crippen LogP contribution in [0.4, 0.5) is 4.39 Å². The highest BCUT2D eigenvalue weighted by atomic mass is 19.1. The predicted octanol–water partition coefficient (Wildman–Crippen LogP) is 3.86. The summed E-state index contributed by atoms with van der Waals surface area (Å²) in [4.78, 5) is 4.92. The van der Waals surface area contributed by atoms with Crippen molar-refractivity contribution in [2.45, 2.75) is 32.4 Å². The van der Waals surface area contributed by atoms with Crippen molar-refractivity contribution in [2.24, 2.45) is 5.41 Å². The van der Waals surface area contributed by atoms with Gasteiger partial charge in [0, 0.05) is 31.7 Å². The largest absolute Gasteiger partial charge is 0.497 e. The molecule has 30 heavy (non-hydrogen) atoms. The first kappa shape index (κ1) is 19.5. The van der Waals surface area contributed by atoms with Crippen LogP contribution >= 0.6 is 0 Å². The van der Waals surface area contributed by atoms with Gasteiger partial charge in [0.15, 0.2) is 0 Å². The molecule has 3 heterocycles. The summed E-state index contributed by atoms with van der Waals surface area (Å²) in [5, 5.41) is 8.03. The Bertz CT molecular complexity index is 1040. The number of hydrogen-bond donors (Lipinski definition) is 0. The van der Waals surface area contributed by atoms with Crippen LogP contribution < -0.4 is 4.74 Å². The van der Waals surface area contributed by atoms with E-state index in [1.54, 1.807) is 13.2 Å². The number of piperidine rings is 1. The second kappa shape index (κ2) is 7.96. The van der Waals surface area contributed by atoms with Gasteiger partial charge in [-0.25, -0.2) is 9.02 Å². The van der Waals surface area contributed by atoms with Gasteiger partial charge >= 0.3 is 0 Å². The molecule has 2 saturated heterocycles. The van der Waals surface area contributed by atoms with E-state index in [1.807, 2.05) is 18.2 Å². The first-order valence-electron chi connectivity index (χ1n) is 10.6.